The Labute approximate surface area is 166 Å². The zero-order valence-electron chi connectivity index (χ0n) is 15.6. The topological polar surface area (TPSA) is 94.8 Å². The van der Waals surface area contributed by atoms with Crippen molar-refractivity contribution >= 4 is 22.6 Å². The molecule has 3 aromatic rings. The number of hydrogen-bond donors (Lipinski definition) is 0. The van der Waals surface area contributed by atoms with Crippen LogP contribution in [0.1, 0.15) is 15.9 Å². The van der Waals surface area contributed by atoms with Crippen LogP contribution in [-0.4, -0.2) is 47.1 Å². The first kappa shape index (κ1) is 19.0. The molecular formula is C21H19N3O5. The molecule has 0 bridgehead atoms. The molecule has 8 nitrogen and oxygen atoms in total. The molecule has 4 rings (SSSR count). The SMILES string of the molecule is O=C(Oc1ccc(CN2CCOCC2)c2cccnc12)c1cccc([N+](=O)[O-])c1. The summed E-state index contributed by atoms with van der Waals surface area (Å²) in [6, 6.07) is 12.9. The number of pyridine rings is 1. The van der Waals surface area contributed by atoms with Crippen molar-refractivity contribution in [2.45, 2.75) is 6.54 Å². The number of nitro groups is 1. The Kier molecular flexibility index (Phi) is 5.46. The zero-order valence-corrected chi connectivity index (χ0v) is 15.6. The molecule has 0 saturated carbocycles. The molecule has 0 radical (unpaired) electrons. The number of hydrogen-bond acceptors (Lipinski definition) is 7. The van der Waals surface area contributed by atoms with Crippen molar-refractivity contribution in [3.63, 3.8) is 0 Å². The largest absolute Gasteiger partial charge is 0.421 e. The van der Waals surface area contributed by atoms with Gasteiger partial charge in [-0.25, -0.2) is 4.79 Å². The third-order valence-electron chi connectivity index (χ3n) is 4.82. The predicted molar refractivity (Wildman–Crippen MR) is 106 cm³/mol. The summed E-state index contributed by atoms with van der Waals surface area (Å²) < 4.78 is 10.9. The number of nitro benzene ring substituents is 1. The molecule has 29 heavy (non-hydrogen) atoms. The lowest BCUT2D eigenvalue weighted by Crippen LogP contribution is -2.35. The fourth-order valence-electron chi connectivity index (χ4n) is 3.33. The van der Waals surface area contributed by atoms with Crippen molar-refractivity contribution in [3.8, 4) is 5.75 Å². The van der Waals surface area contributed by atoms with E-state index >= 15 is 0 Å². The number of carbonyl (C=O) groups excluding carboxylic acids is 1. The van der Waals surface area contributed by atoms with E-state index in [1.54, 1.807) is 12.3 Å². The fraction of sp³-hybridized carbons (Fsp3) is 0.238. The summed E-state index contributed by atoms with van der Waals surface area (Å²) in [6.07, 6.45) is 1.64. The number of fused-ring (bicyclic) bond motifs is 1. The van der Waals surface area contributed by atoms with Crippen LogP contribution in [0, 0.1) is 10.1 Å². The lowest BCUT2D eigenvalue weighted by molar-refractivity contribution is -0.384. The minimum atomic E-state index is -0.665. The van der Waals surface area contributed by atoms with E-state index < -0.39 is 10.9 Å². The monoisotopic (exact) mass is 393 g/mol. The normalized spacial score (nSPS) is 14.6. The van der Waals surface area contributed by atoms with Crippen molar-refractivity contribution in [3.05, 3.63) is 76.0 Å². The molecule has 0 unspecified atom stereocenters. The highest BCUT2D eigenvalue weighted by Gasteiger charge is 2.18. The molecule has 0 spiro atoms. The smallest absolute Gasteiger partial charge is 0.343 e. The number of ether oxygens (including phenoxy) is 2. The second-order valence-electron chi connectivity index (χ2n) is 6.71. The zero-order chi connectivity index (χ0) is 20.2. The quantitative estimate of drug-likeness (QED) is 0.284. The van der Waals surface area contributed by atoms with Crippen LogP contribution < -0.4 is 4.74 Å². The van der Waals surface area contributed by atoms with Crippen LogP contribution in [0.3, 0.4) is 0 Å². The Bertz CT molecular complexity index is 1060. The van der Waals surface area contributed by atoms with E-state index in [0.29, 0.717) is 11.3 Å². The summed E-state index contributed by atoms with van der Waals surface area (Å²) >= 11 is 0. The summed E-state index contributed by atoms with van der Waals surface area (Å²) in [5, 5.41) is 11.8. The molecular weight excluding hydrogens is 374 g/mol. The molecule has 1 aliphatic rings. The van der Waals surface area contributed by atoms with Crippen LogP contribution in [0.4, 0.5) is 5.69 Å². The molecule has 0 amide bonds. The Balaban J connectivity index is 1.61. The van der Waals surface area contributed by atoms with Crippen molar-refractivity contribution in [2.75, 3.05) is 26.3 Å². The minimum Gasteiger partial charge on any atom is -0.421 e. The minimum absolute atomic E-state index is 0.112. The maximum atomic E-state index is 12.5. The number of non-ortho nitro benzene ring substituents is 1. The highest BCUT2D eigenvalue weighted by Crippen LogP contribution is 2.28. The van der Waals surface area contributed by atoms with E-state index in [4.69, 9.17) is 9.47 Å². The van der Waals surface area contributed by atoms with Gasteiger partial charge in [-0.2, -0.15) is 0 Å². The van der Waals surface area contributed by atoms with Gasteiger partial charge in [0.1, 0.15) is 5.52 Å². The molecule has 1 fully saturated rings. The Morgan fingerprint density at radius 2 is 2.00 bits per heavy atom. The van der Waals surface area contributed by atoms with Crippen molar-refractivity contribution in [2.24, 2.45) is 0 Å². The standard InChI is InChI=1S/C21H19N3O5/c25-21(15-3-1-4-17(13-15)24(26)27)29-19-7-6-16(14-23-9-11-28-12-10-23)18-5-2-8-22-20(18)19/h1-8,13H,9-12,14H2. The average molecular weight is 393 g/mol. The van der Waals surface area contributed by atoms with Crippen LogP contribution in [0.5, 0.6) is 5.75 Å². The van der Waals surface area contributed by atoms with Crippen molar-refractivity contribution in [1.29, 1.82) is 0 Å². The lowest BCUT2D eigenvalue weighted by Gasteiger charge is -2.27. The lowest BCUT2D eigenvalue weighted by atomic mass is 10.1. The summed E-state index contributed by atoms with van der Waals surface area (Å²) in [4.78, 5) is 29.6. The molecule has 2 aromatic carbocycles. The van der Waals surface area contributed by atoms with Crippen molar-refractivity contribution in [1.82, 2.24) is 9.88 Å². The maximum absolute atomic E-state index is 12.5. The predicted octanol–water partition coefficient (Wildman–Crippen LogP) is 3.19. The van der Waals surface area contributed by atoms with Gasteiger partial charge in [0.05, 0.1) is 23.7 Å². The Morgan fingerprint density at radius 1 is 1.17 bits per heavy atom. The summed E-state index contributed by atoms with van der Waals surface area (Å²) in [7, 11) is 0. The van der Waals surface area contributed by atoms with E-state index in [0.717, 1.165) is 43.8 Å². The van der Waals surface area contributed by atoms with E-state index in [-0.39, 0.29) is 11.3 Å². The first-order valence-electron chi connectivity index (χ1n) is 9.25. The van der Waals surface area contributed by atoms with Gasteiger partial charge < -0.3 is 9.47 Å². The van der Waals surface area contributed by atoms with Crippen LogP contribution in [0.25, 0.3) is 10.9 Å². The van der Waals surface area contributed by atoms with Gasteiger partial charge in [0.25, 0.3) is 5.69 Å². The van der Waals surface area contributed by atoms with Gasteiger partial charge in [0.15, 0.2) is 5.75 Å². The second kappa shape index (κ2) is 8.34. The summed E-state index contributed by atoms with van der Waals surface area (Å²) in [6.45, 7) is 3.92. The second-order valence-corrected chi connectivity index (χ2v) is 6.71. The van der Waals surface area contributed by atoms with Gasteiger partial charge in [-0.15, -0.1) is 0 Å². The molecule has 2 heterocycles. The first-order chi connectivity index (χ1) is 14.1. The van der Waals surface area contributed by atoms with Gasteiger partial charge in [-0.1, -0.05) is 18.2 Å². The van der Waals surface area contributed by atoms with Crippen LogP contribution >= 0.6 is 0 Å². The number of aromatic nitrogens is 1. The third kappa shape index (κ3) is 4.23. The third-order valence-corrected chi connectivity index (χ3v) is 4.82. The summed E-state index contributed by atoms with van der Waals surface area (Å²) in [5.74, 6) is -0.343. The molecule has 1 saturated heterocycles. The Hall–Kier alpha value is -3.36. The van der Waals surface area contributed by atoms with E-state index in [9.17, 15) is 14.9 Å². The molecule has 1 aromatic heterocycles. The molecule has 8 heteroatoms. The molecule has 1 aliphatic heterocycles. The van der Waals surface area contributed by atoms with Gasteiger partial charge in [0.2, 0.25) is 0 Å². The van der Waals surface area contributed by atoms with Crippen LogP contribution in [-0.2, 0) is 11.3 Å². The van der Waals surface area contributed by atoms with Crippen LogP contribution in [0.2, 0.25) is 0 Å². The highest BCUT2D eigenvalue weighted by molar-refractivity contribution is 5.95. The van der Waals surface area contributed by atoms with Gasteiger partial charge >= 0.3 is 5.97 Å². The molecule has 0 atom stereocenters. The van der Waals surface area contributed by atoms with Crippen LogP contribution in [0.15, 0.2) is 54.7 Å². The number of morpholine rings is 1. The number of nitrogens with zero attached hydrogens (tertiary/aromatic N) is 3. The van der Waals surface area contributed by atoms with Gasteiger partial charge in [0, 0.05) is 43.4 Å². The number of benzene rings is 2. The van der Waals surface area contributed by atoms with E-state index in [1.807, 2.05) is 18.2 Å². The van der Waals surface area contributed by atoms with Gasteiger partial charge in [-0.05, 0) is 23.8 Å². The van der Waals surface area contributed by atoms with Gasteiger partial charge in [-0.3, -0.25) is 20.0 Å². The Morgan fingerprint density at radius 3 is 2.79 bits per heavy atom. The highest BCUT2D eigenvalue weighted by atomic mass is 16.6. The maximum Gasteiger partial charge on any atom is 0.343 e. The number of esters is 1. The molecule has 148 valence electrons. The van der Waals surface area contributed by atoms with E-state index in [1.165, 1.54) is 24.3 Å². The average Bonchev–Trinajstić information content (AvgIpc) is 2.76. The first-order valence-corrected chi connectivity index (χ1v) is 9.25. The molecule has 0 aliphatic carbocycles. The van der Waals surface area contributed by atoms with Crippen molar-refractivity contribution < 1.29 is 19.2 Å². The number of rotatable bonds is 5. The van der Waals surface area contributed by atoms with E-state index in [2.05, 4.69) is 9.88 Å². The summed E-state index contributed by atoms with van der Waals surface area (Å²) in [5.41, 5.74) is 1.62. The molecule has 0 N–H and O–H groups in total. The number of carbonyl (C=O) groups is 1. The fourth-order valence-corrected chi connectivity index (χ4v) is 3.33.